The average molecular weight is 354 g/mol. The molecule has 5 nitrogen and oxygen atoms in total. The van der Waals surface area contributed by atoms with Crippen LogP contribution >= 0.6 is 0 Å². The number of carbonyl (C=O) groups is 2. The molecule has 1 atom stereocenters. The third-order valence-electron chi connectivity index (χ3n) is 3.96. The lowest BCUT2D eigenvalue weighted by atomic mass is 10.1. The summed E-state index contributed by atoms with van der Waals surface area (Å²) in [6.07, 6.45) is 0.685. The number of hydrogen-bond acceptors (Lipinski definition) is 3. The Morgan fingerprint density at radius 2 is 1.73 bits per heavy atom. The fraction of sp³-hybridized carbons (Fsp3) is 0.333. The second-order valence-corrected chi connectivity index (χ2v) is 6.22. The summed E-state index contributed by atoms with van der Waals surface area (Å²) in [5.41, 5.74) is 2.57. The zero-order chi connectivity index (χ0) is 18.9. The number of para-hydroxylation sites is 2. The molecule has 0 heterocycles. The molecule has 0 aliphatic carbocycles. The van der Waals surface area contributed by atoms with Gasteiger partial charge in [-0.05, 0) is 38.0 Å². The summed E-state index contributed by atoms with van der Waals surface area (Å²) in [5.74, 6) is 0.0971. The lowest BCUT2D eigenvalue weighted by Gasteiger charge is -2.18. The molecular formula is C21H26N2O3. The van der Waals surface area contributed by atoms with Gasteiger partial charge in [0, 0.05) is 11.3 Å². The summed E-state index contributed by atoms with van der Waals surface area (Å²) in [5, 5.41) is 5.63. The summed E-state index contributed by atoms with van der Waals surface area (Å²) in [4.78, 5) is 24.3. The summed E-state index contributed by atoms with van der Waals surface area (Å²) >= 11 is 0. The molecule has 2 aromatic rings. The van der Waals surface area contributed by atoms with Crippen LogP contribution in [0.1, 0.15) is 43.9 Å². The van der Waals surface area contributed by atoms with Crippen molar-refractivity contribution in [2.45, 2.75) is 39.7 Å². The van der Waals surface area contributed by atoms with Crippen LogP contribution in [0.15, 0.2) is 48.5 Å². The second-order valence-electron chi connectivity index (χ2n) is 6.22. The Bertz CT molecular complexity index is 758. The number of benzene rings is 2. The molecule has 0 aliphatic heterocycles. The van der Waals surface area contributed by atoms with Crippen LogP contribution in [-0.4, -0.2) is 18.4 Å². The van der Waals surface area contributed by atoms with Crippen molar-refractivity contribution in [1.82, 2.24) is 5.32 Å². The van der Waals surface area contributed by atoms with Crippen LogP contribution in [0.4, 0.5) is 5.69 Å². The van der Waals surface area contributed by atoms with Gasteiger partial charge in [0.2, 0.25) is 11.8 Å². The molecule has 0 bridgehead atoms. The molecule has 138 valence electrons. The van der Waals surface area contributed by atoms with E-state index in [9.17, 15) is 9.59 Å². The second kappa shape index (κ2) is 9.61. The molecular weight excluding hydrogens is 328 g/mol. The minimum atomic E-state index is -0.334. The van der Waals surface area contributed by atoms with Gasteiger partial charge in [0.1, 0.15) is 12.2 Å². The molecule has 2 aromatic carbocycles. The van der Waals surface area contributed by atoms with Gasteiger partial charge in [-0.2, -0.15) is 0 Å². The van der Waals surface area contributed by atoms with Crippen molar-refractivity contribution in [3.8, 4) is 5.75 Å². The van der Waals surface area contributed by atoms with Gasteiger partial charge in [-0.1, -0.05) is 43.3 Å². The van der Waals surface area contributed by atoms with Crippen molar-refractivity contribution in [3.05, 3.63) is 59.7 Å². The first-order valence-corrected chi connectivity index (χ1v) is 8.87. The molecule has 0 aromatic heterocycles. The van der Waals surface area contributed by atoms with Gasteiger partial charge < -0.3 is 15.4 Å². The fourth-order valence-electron chi connectivity index (χ4n) is 2.61. The predicted molar refractivity (Wildman–Crippen MR) is 103 cm³/mol. The van der Waals surface area contributed by atoms with Crippen LogP contribution < -0.4 is 15.4 Å². The van der Waals surface area contributed by atoms with Gasteiger partial charge in [-0.25, -0.2) is 0 Å². The summed E-state index contributed by atoms with van der Waals surface area (Å²) in [6, 6.07) is 14.8. The minimum absolute atomic E-state index is 0.226. The maximum Gasteiger partial charge on any atom is 0.233 e. The highest BCUT2D eigenvalue weighted by molar-refractivity contribution is 6.03. The molecule has 0 saturated carbocycles. The topological polar surface area (TPSA) is 67.4 Å². The molecule has 26 heavy (non-hydrogen) atoms. The fourth-order valence-corrected chi connectivity index (χ4v) is 2.61. The minimum Gasteiger partial charge on any atom is -0.493 e. The van der Waals surface area contributed by atoms with Gasteiger partial charge >= 0.3 is 0 Å². The molecule has 0 fully saturated rings. The van der Waals surface area contributed by atoms with Crippen LogP contribution in [0.5, 0.6) is 5.75 Å². The number of aryl methyl sites for hydroxylation is 1. The average Bonchev–Trinajstić information content (AvgIpc) is 2.62. The molecule has 2 rings (SSSR count). The first-order chi connectivity index (χ1) is 12.5. The third-order valence-corrected chi connectivity index (χ3v) is 3.96. The number of rotatable bonds is 8. The predicted octanol–water partition coefficient (Wildman–Crippen LogP) is 3.99. The highest BCUT2D eigenvalue weighted by Crippen LogP contribution is 2.25. The molecule has 2 amide bonds. The number of amides is 2. The van der Waals surface area contributed by atoms with E-state index in [2.05, 4.69) is 10.6 Å². The highest BCUT2D eigenvalue weighted by atomic mass is 16.5. The van der Waals surface area contributed by atoms with Crippen LogP contribution in [-0.2, 0) is 9.59 Å². The number of ether oxygens (including phenoxy) is 1. The van der Waals surface area contributed by atoms with Crippen LogP contribution in [0.25, 0.3) is 0 Å². The van der Waals surface area contributed by atoms with Gasteiger partial charge in [-0.3, -0.25) is 9.59 Å². The Labute approximate surface area is 154 Å². The first kappa shape index (κ1) is 19.5. The summed E-state index contributed by atoms with van der Waals surface area (Å²) < 4.78 is 5.73. The third kappa shape index (κ3) is 5.62. The van der Waals surface area contributed by atoms with Gasteiger partial charge in [0.25, 0.3) is 0 Å². The van der Waals surface area contributed by atoms with Crippen molar-refractivity contribution in [1.29, 1.82) is 0 Å². The van der Waals surface area contributed by atoms with E-state index in [-0.39, 0.29) is 24.3 Å². The van der Waals surface area contributed by atoms with Crippen LogP contribution in [0.2, 0.25) is 0 Å². The van der Waals surface area contributed by atoms with E-state index in [0.717, 1.165) is 29.0 Å². The Morgan fingerprint density at radius 1 is 1.04 bits per heavy atom. The highest BCUT2D eigenvalue weighted by Gasteiger charge is 2.16. The number of nitrogens with one attached hydrogen (secondary N) is 2. The molecule has 1 unspecified atom stereocenters. The number of anilines is 1. The Hall–Kier alpha value is -2.82. The molecule has 5 heteroatoms. The van der Waals surface area contributed by atoms with Gasteiger partial charge in [-0.15, -0.1) is 0 Å². The van der Waals surface area contributed by atoms with E-state index in [1.54, 1.807) is 0 Å². The summed E-state index contributed by atoms with van der Waals surface area (Å²) in [6.45, 7) is 6.45. The normalized spacial score (nSPS) is 11.5. The smallest absolute Gasteiger partial charge is 0.233 e. The molecule has 2 N–H and O–H groups in total. The Kier molecular flexibility index (Phi) is 7.21. The van der Waals surface area contributed by atoms with Crippen molar-refractivity contribution < 1.29 is 14.3 Å². The zero-order valence-electron chi connectivity index (χ0n) is 15.5. The first-order valence-electron chi connectivity index (χ1n) is 8.87. The largest absolute Gasteiger partial charge is 0.493 e. The maximum atomic E-state index is 12.2. The van der Waals surface area contributed by atoms with E-state index in [1.165, 1.54) is 0 Å². The van der Waals surface area contributed by atoms with Crippen molar-refractivity contribution in [2.75, 3.05) is 11.9 Å². The quantitative estimate of drug-likeness (QED) is 0.704. The summed E-state index contributed by atoms with van der Waals surface area (Å²) in [7, 11) is 0. The van der Waals surface area contributed by atoms with E-state index >= 15 is 0 Å². The number of hydrogen-bond donors (Lipinski definition) is 2. The van der Waals surface area contributed by atoms with Crippen LogP contribution in [0, 0.1) is 6.92 Å². The van der Waals surface area contributed by atoms with Crippen molar-refractivity contribution >= 4 is 17.5 Å². The monoisotopic (exact) mass is 354 g/mol. The van der Waals surface area contributed by atoms with Gasteiger partial charge in [0.05, 0.1) is 12.6 Å². The van der Waals surface area contributed by atoms with E-state index in [0.29, 0.717) is 6.61 Å². The SMILES string of the molecule is CCCOc1ccccc1C(C)NC(=O)CC(=O)Nc1ccccc1C. The Morgan fingerprint density at radius 3 is 2.46 bits per heavy atom. The van der Waals surface area contributed by atoms with E-state index in [1.807, 2.05) is 69.3 Å². The number of carbonyl (C=O) groups excluding carboxylic acids is 2. The van der Waals surface area contributed by atoms with E-state index < -0.39 is 0 Å². The van der Waals surface area contributed by atoms with Crippen molar-refractivity contribution in [3.63, 3.8) is 0 Å². The van der Waals surface area contributed by atoms with Crippen molar-refractivity contribution in [2.24, 2.45) is 0 Å². The zero-order valence-corrected chi connectivity index (χ0v) is 15.5. The molecule has 0 spiro atoms. The lowest BCUT2D eigenvalue weighted by Crippen LogP contribution is -2.30. The maximum absolute atomic E-state index is 12.2. The molecule has 0 radical (unpaired) electrons. The van der Waals surface area contributed by atoms with Gasteiger partial charge in [0.15, 0.2) is 0 Å². The van der Waals surface area contributed by atoms with E-state index in [4.69, 9.17) is 4.74 Å². The lowest BCUT2D eigenvalue weighted by molar-refractivity contribution is -0.127. The molecule has 0 saturated heterocycles. The Balaban J connectivity index is 1.93. The molecule has 0 aliphatic rings. The standard InChI is InChI=1S/C21H26N2O3/c1-4-13-26-19-12-8-6-10-17(19)16(3)22-20(24)14-21(25)23-18-11-7-5-9-15(18)2/h5-12,16H,4,13-14H2,1-3H3,(H,22,24)(H,23,25). The van der Waals surface area contributed by atoms with Crippen LogP contribution in [0.3, 0.4) is 0 Å².